The van der Waals surface area contributed by atoms with Gasteiger partial charge in [0.05, 0.1) is 12.7 Å². The summed E-state index contributed by atoms with van der Waals surface area (Å²) in [5, 5.41) is 0. The Balaban J connectivity index is 2.15. The van der Waals surface area contributed by atoms with Crippen molar-refractivity contribution in [2.75, 3.05) is 25.1 Å². The van der Waals surface area contributed by atoms with E-state index in [1.165, 1.54) is 7.11 Å². The molecule has 1 unspecified atom stereocenters. The molecular weight excluding hydrogens is 232 g/mol. The molecule has 2 N–H and O–H groups in total. The van der Waals surface area contributed by atoms with Crippen molar-refractivity contribution < 1.29 is 14.3 Å². The van der Waals surface area contributed by atoms with Gasteiger partial charge in [-0.05, 0) is 36.7 Å². The van der Waals surface area contributed by atoms with E-state index >= 15 is 0 Å². The Morgan fingerprint density at radius 1 is 1.44 bits per heavy atom. The van der Waals surface area contributed by atoms with E-state index in [0.717, 1.165) is 5.69 Å². The summed E-state index contributed by atoms with van der Waals surface area (Å²) in [6.07, 6.45) is 0.495. The fraction of sp³-hybridized carbons (Fsp3) is 0.385. The number of nitrogens with zero attached hydrogens (tertiary/aromatic N) is 1. The fourth-order valence-electron chi connectivity index (χ4n) is 2.08. The lowest BCUT2D eigenvalue weighted by Gasteiger charge is -2.16. The molecule has 0 saturated carbocycles. The van der Waals surface area contributed by atoms with Crippen LogP contribution in [0.1, 0.15) is 16.8 Å². The van der Waals surface area contributed by atoms with Gasteiger partial charge in [-0.3, -0.25) is 4.79 Å². The number of hydrogen-bond acceptors (Lipinski definition) is 4. The lowest BCUT2D eigenvalue weighted by molar-refractivity contribution is -0.117. The third kappa shape index (κ3) is 2.36. The molecular formula is C13H16N2O3. The van der Waals surface area contributed by atoms with Crippen molar-refractivity contribution in [2.45, 2.75) is 6.42 Å². The van der Waals surface area contributed by atoms with Gasteiger partial charge in [0, 0.05) is 18.7 Å². The molecule has 0 aliphatic carbocycles. The third-order valence-electron chi connectivity index (χ3n) is 3.14. The molecule has 0 aromatic heterocycles. The summed E-state index contributed by atoms with van der Waals surface area (Å²) in [6.45, 7) is 1.16. The summed E-state index contributed by atoms with van der Waals surface area (Å²) < 4.78 is 4.62. The quantitative estimate of drug-likeness (QED) is 0.802. The molecule has 5 heteroatoms. The number of carbonyl (C=O) groups is 2. The average Bonchev–Trinajstić information content (AvgIpc) is 2.79. The zero-order valence-corrected chi connectivity index (χ0v) is 10.3. The van der Waals surface area contributed by atoms with E-state index in [-0.39, 0.29) is 17.8 Å². The summed E-state index contributed by atoms with van der Waals surface area (Å²) in [5.74, 6) is -0.0804. The van der Waals surface area contributed by atoms with E-state index in [2.05, 4.69) is 4.74 Å². The van der Waals surface area contributed by atoms with Gasteiger partial charge in [0.2, 0.25) is 5.91 Å². The highest BCUT2D eigenvalue weighted by Crippen LogP contribution is 2.24. The average molecular weight is 248 g/mol. The second kappa shape index (κ2) is 5.18. The van der Waals surface area contributed by atoms with E-state index in [4.69, 9.17) is 5.73 Å². The van der Waals surface area contributed by atoms with Crippen LogP contribution in [0, 0.1) is 5.92 Å². The summed E-state index contributed by atoms with van der Waals surface area (Å²) in [7, 11) is 1.34. The number of nitrogens with two attached hydrogens (primary N) is 1. The number of methoxy groups -OCH3 is 1. The first-order valence-electron chi connectivity index (χ1n) is 5.84. The topological polar surface area (TPSA) is 72.6 Å². The van der Waals surface area contributed by atoms with Crippen LogP contribution in [0.3, 0.4) is 0 Å². The maximum absolute atomic E-state index is 11.8. The van der Waals surface area contributed by atoms with Gasteiger partial charge in [0.15, 0.2) is 0 Å². The summed E-state index contributed by atoms with van der Waals surface area (Å²) in [5.41, 5.74) is 6.85. The van der Waals surface area contributed by atoms with E-state index < -0.39 is 0 Å². The Morgan fingerprint density at radius 2 is 2.11 bits per heavy atom. The molecule has 96 valence electrons. The molecule has 1 fully saturated rings. The van der Waals surface area contributed by atoms with Gasteiger partial charge in [-0.25, -0.2) is 4.79 Å². The minimum absolute atomic E-state index is 0.0799. The highest BCUT2D eigenvalue weighted by atomic mass is 16.5. The predicted molar refractivity (Wildman–Crippen MR) is 67.3 cm³/mol. The molecule has 0 radical (unpaired) electrons. The molecule has 1 heterocycles. The number of anilines is 1. The van der Waals surface area contributed by atoms with Crippen molar-refractivity contribution in [3.63, 3.8) is 0 Å². The largest absolute Gasteiger partial charge is 0.465 e. The van der Waals surface area contributed by atoms with Gasteiger partial charge in [-0.2, -0.15) is 0 Å². The predicted octanol–water partition coefficient (Wildman–Crippen LogP) is 0.785. The maximum Gasteiger partial charge on any atom is 0.337 e. The van der Waals surface area contributed by atoms with Crippen LogP contribution >= 0.6 is 0 Å². The van der Waals surface area contributed by atoms with Crippen molar-refractivity contribution in [1.82, 2.24) is 0 Å². The summed E-state index contributed by atoms with van der Waals surface area (Å²) in [4.78, 5) is 24.8. The zero-order valence-electron chi connectivity index (χ0n) is 10.3. The van der Waals surface area contributed by atoms with Crippen LogP contribution in [0.25, 0.3) is 0 Å². The van der Waals surface area contributed by atoms with E-state index in [9.17, 15) is 9.59 Å². The minimum Gasteiger partial charge on any atom is -0.465 e. The molecule has 5 nitrogen and oxygen atoms in total. The van der Waals surface area contributed by atoms with Gasteiger partial charge < -0.3 is 15.4 Å². The fourth-order valence-corrected chi connectivity index (χ4v) is 2.08. The Bertz CT molecular complexity index is 456. The van der Waals surface area contributed by atoms with E-state index in [1.54, 1.807) is 29.2 Å². The molecule has 1 atom stereocenters. The number of rotatable bonds is 3. The molecule has 1 saturated heterocycles. The Morgan fingerprint density at radius 3 is 2.61 bits per heavy atom. The van der Waals surface area contributed by atoms with Crippen LogP contribution in [0.4, 0.5) is 5.69 Å². The first-order chi connectivity index (χ1) is 8.65. The Hall–Kier alpha value is -1.88. The van der Waals surface area contributed by atoms with Gasteiger partial charge in [-0.15, -0.1) is 0 Å². The van der Waals surface area contributed by atoms with Crippen LogP contribution in [0.15, 0.2) is 24.3 Å². The molecule has 18 heavy (non-hydrogen) atoms. The van der Waals surface area contributed by atoms with Crippen LogP contribution in [-0.4, -0.2) is 32.1 Å². The van der Waals surface area contributed by atoms with Crippen molar-refractivity contribution in [3.8, 4) is 0 Å². The normalized spacial score (nSPS) is 19.1. The van der Waals surface area contributed by atoms with Gasteiger partial charge in [0.25, 0.3) is 0 Å². The van der Waals surface area contributed by atoms with Gasteiger partial charge in [-0.1, -0.05) is 0 Å². The highest BCUT2D eigenvalue weighted by molar-refractivity contribution is 5.96. The molecule has 1 amide bonds. The molecule has 1 aromatic carbocycles. The lowest BCUT2D eigenvalue weighted by Crippen LogP contribution is -2.25. The molecule has 1 aliphatic rings. The number of amides is 1. The minimum atomic E-state index is -0.380. The lowest BCUT2D eigenvalue weighted by atomic mass is 10.1. The molecule has 2 rings (SSSR count). The SMILES string of the molecule is COC(=O)c1ccc(N2CC(CN)CC2=O)cc1. The van der Waals surface area contributed by atoms with Gasteiger partial charge in [0.1, 0.15) is 0 Å². The number of ether oxygens (including phenoxy) is 1. The van der Waals surface area contributed by atoms with Gasteiger partial charge >= 0.3 is 5.97 Å². The first-order valence-corrected chi connectivity index (χ1v) is 5.84. The second-order valence-electron chi connectivity index (χ2n) is 4.35. The standard InChI is InChI=1S/C13H16N2O3/c1-18-13(17)10-2-4-11(5-3-10)15-8-9(7-14)6-12(15)16/h2-5,9H,6-8,14H2,1H3. The first kappa shape index (κ1) is 12.6. The Labute approximate surface area is 106 Å². The Kier molecular flexibility index (Phi) is 3.62. The van der Waals surface area contributed by atoms with Crippen molar-refractivity contribution in [2.24, 2.45) is 11.7 Å². The second-order valence-corrected chi connectivity index (χ2v) is 4.35. The third-order valence-corrected chi connectivity index (χ3v) is 3.14. The summed E-state index contributed by atoms with van der Waals surface area (Å²) in [6, 6.07) is 6.82. The number of esters is 1. The van der Waals surface area contributed by atoms with Crippen molar-refractivity contribution in [3.05, 3.63) is 29.8 Å². The number of benzene rings is 1. The molecule has 1 aliphatic heterocycles. The highest BCUT2D eigenvalue weighted by Gasteiger charge is 2.29. The summed E-state index contributed by atoms with van der Waals surface area (Å²) >= 11 is 0. The van der Waals surface area contributed by atoms with Crippen LogP contribution in [0.5, 0.6) is 0 Å². The van der Waals surface area contributed by atoms with E-state index in [0.29, 0.717) is 25.1 Å². The van der Waals surface area contributed by atoms with Crippen LogP contribution in [0.2, 0.25) is 0 Å². The van der Waals surface area contributed by atoms with Crippen molar-refractivity contribution in [1.29, 1.82) is 0 Å². The maximum atomic E-state index is 11.8. The number of hydrogen-bond donors (Lipinski definition) is 1. The smallest absolute Gasteiger partial charge is 0.337 e. The van der Waals surface area contributed by atoms with Crippen LogP contribution in [-0.2, 0) is 9.53 Å². The van der Waals surface area contributed by atoms with Crippen LogP contribution < -0.4 is 10.6 Å². The number of carbonyl (C=O) groups excluding carboxylic acids is 2. The van der Waals surface area contributed by atoms with Crippen molar-refractivity contribution >= 4 is 17.6 Å². The molecule has 1 aromatic rings. The molecule has 0 spiro atoms. The monoisotopic (exact) mass is 248 g/mol. The zero-order chi connectivity index (χ0) is 13.1. The van der Waals surface area contributed by atoms with E-state index in [1.807, 2.05) is 0 Å². The molecule has 0 bridgehead atoms.